The molecule has 3 aromatic carbocycles. The second kappa shape index (κ2) is 12.1. The van der Waals surface area contributed by atoms with Gasteiger partial charge in [0.25, 0.3) is 5.91 Å². The molecule has 0 aliphatic rings. The van der Waals surface area contributed by atoms with E-state index >= 15 is 0 Å². The first-order valence-electron chi connectivity index (χ1n) is 11.0. The van der Waals surface area contributed by atoms with Gasteiger partial charge in [0.2, 0.25) is 0 Å². The number of methoxy groups -OCH3 is 1. The van der Waals surface area contributed by atoms with E-state index in [0.717, 1.165) is 22.9 Å². The second-order valence-electron chi connectivity index (χ2n) is 8.08. The molecular weight excluding hydrogens is 482 g/mol. The summed E-state index contributed by atoms with van der Waals surface area (Å²) in [5, 5.41) is 11.9. The standard InChI is InChI=1S/C27H27NO7S/c1-34-25(27(30)31)18-21-6-12-22(13-7-21)26(29)28-23-14-8-19(9-15-23)4-3-5-20-10-16-24(17-11-20)35-36(2,32)33/h3-4,6-17,25H,5,18H2,1-2H3,(H,28,29)(H,30,31)/b4-3+. The molecule has 3 aromatic rings. The molecule has 188 valence electrons. The van der Waals surface area contributed by atoms with Crippen LogP contribution in [0.25, 0.3) is 6.08 Å². The fourth-order valence-electron chi connectivity index (χ4n) is 3.35. The van der Waals surface area contributed by atoms with Gasteiger partial charge >= 0.3 is 16.1 Å². The van der Waals surface area contributed by atoms with E-state index in [-0.39, 0.29) is 18.1 Å². The first-order chi connectivity index (χ1) is 17.1. The van der Waals surface area contributed by atoms with E-state index in [1.807, 2.05) is 24.3 Å². The first-order valence-corrected chi connectivity index (χ1v) is 12.9. The van der Waals surface area contributed by atoms with Gasteiger partial charge in [-0.15, -0.1) is 0 Å². The van der Waals surface area contributed by atoms with Gasteiger partial charge in [-0.3, -0.25) is 4.79 Å². The minimum atomic E-state index is -3.54. The average molecular weight is 510 g/mol. The SMILES string of the molecule is COC(Cc1ccc(C(=O)Nc2ccc(/C=C/Cc3ccc(OS(C)(=O)=O)cc3)cc2)cc1)C(=O)O. The van der Waals surface area contributed by atoms with Crippen LogP contribution in [-0.4, -0.2) is 44.9 Å². The molecule has 3 rings (SSSR count). The Hall–Kier alpha value is -3.95. The molecule has 0 aliphatic heterocycles. The number of carboxylic acids is 1. The first kappa shape index (κ1) is 26.7. The Morgan fingerprint density at radius 3 is 2.11 bits per heavy atom. The quantitative estimate of drug-likeness (QED) is 0.372. The fraction of sp³-hybridized carbons (Fsp3) is 0.185. The number of ether oxygens (including phenoxy) is 1. The molecule has 1 atom stereocenters. The molecule has 2 N–H and O–H groups in total. The maximum Gasteiger partial charge on any atom is 0.333 e. The number of rotatable bonds is 11. The van der Waals surface area contributed by atoms with Crippen LogP contribution in [0.3, 0.4) is 0 Å². The third-order valence-electron chi connectivity index (χ3n) is 5.20. The second-order valence-corrected chi connectivity index (χ2v) is 9.65. The lowest BCUT2D eigenvalue weighted by atomic mass is 10.1. The lowest BCUT2D eigenvalue weighted by Crippen LogP contribution is -2.24. The normalized spacial score (nSPS) is 12.3. The predicted molar refractivity (Wildman–Crippen MR) is 138 cm³/mol. The zero-order valence-electron chi connectivity index (χ0n) is 19.9. The van der Waals surface area contributed by atoms with E-state index in [1.54, 1.807) is 60.7 Å². The van der Waals surface area contributed by atoms with Crippen LogP contribution >= 0.6 is 0 Å². The number of allylic oxidation sites excluding steroid dienone is 1. The molecule has 36 heavy (non-hydrogen) atoms. The molecular formula is C27H27NO7S. The van der Waals surface area contributed by atoms with Crippen LogP contribution < -0.4 is 9.50 Å². The van der Waals surface area contributed by atoms with Gasteiger partial charge < -0.3 is 19.3 Å². The van der Waals surface area contributed by atoms with Crippen molar-refractivity contribution in [2.45, 2.75) is 18.9 Å². The third-order valence-corrected chi connectivity index (χ3v) is 5.70. The number of benzene rings is 3. The highest BCUT2D eigenvalue weighted by Crippen LogP contribution is 2.16. The molecule has 0 heterocycles. The Balaban J connectivity index is 1.52. The van der Waals surface area contributed by atoms with E-state index < -0.39 is 22.2 Å². The number of carbonyl (C=O) groups is 2. The van der Waals surface area contributed by atoms with Gasteiger partial charge in [-0.25, -0.2) is 4.79 Å². The van der Waals surface area contributed by atoms with Crippen molar-refractivity contribution in [2.75, 3.05) is 18.7 Å². The van der Waals surface area contributed by atoms with Crippen molar-refractivity contribution in [3.05, 3.63) is 101 Å². The van der Waals surface area contributed by atoms with E-state index in [1.165, 1.54) is 7.11 Å². The van der Waals surface area contributed by atoms with Crippen LogP contribution in [0.1, 0.15) is 27.0 Å². The number of carbonyl (C=O) groups excluding carboxylic acids is 1. The highest BCUT2D eigenvalue weighted by molar-refractivity contribution is 7.86. The Kier molecular flexibility index (Phi) is 8.99. The molecule has 0 radical (unpaired) electrons. The van der Waals surface area contributed by atoms with Gasteiger partial charge in [0.15, 0.2) is 6.10 Å². The number of aliphatic carboxylic acids is 1. The number of hydrogen-bond acceptors (Lipinski definition) is 6. The average Bonchev–Trinajstić information content (AvgIpc) is 2.84. The summed E-state index contributed by atoms with van der Waals surface area (Å²) in [7, 11) is -2.19. The Bertz CT molecular complexity index is 1310. The minimum absolute atomic E-state index is 0.214. The Labute approximate surface area is 210 Å². The zero-order valence-corrected chi connectivity index (χ0v) is 20.7. The summed E-state index contributed by atoms with van der Waals surface area (Å²) in [6.07, 6.45) is 4.88. The van der Waals surface area contributed by atoms with Gasteiger partial charge in [-0.2, -0.15) is 8.42 Å². The third kappa shape index (κ3) is 8.37. The summed E-state index contributed by atoms with van der Waals surface area (Å²) in [5.41, 5.74) is 3.83. The van der Waals surface area contributed by atoms with Crippen molar-refractivity contribution in [3.8, 4) is 5.75 Å². The maximum atomic E-state index is 12.5. The van der Waals surface area contributed by atoms with E-state index in [0.29, 0.717) is 17.7 Å². The van der Waals surface area contributed by atoms with Crippen molar-refractivity contribution in [1.29, 1.82) is 0 Å². The zero-order chi connectivity index (χ0) is 26.1. The molecule has 8 nitrogen and oxygen atoms in total. The van der Waals surface area contributed by atoms with Crippen molar-refractivity contribution in [3.63, 3.8) is 0 Å². The highest BCUT2D eigenvalue weighted by atomic mass is 32.2. The van der Waals surface area contributed by atoms with Gasteiger partial charge in [0.05, 0.1) is 6.26 Å². The fourth-order valence-corrected chi connectivity index (χ4v) is 3.81. The van der Waals surface area contributed by atoms with Crippen LogP contribution in [-0.2, 0) is 32.5 Å². The lowest BCUT2D eigenvalue weighted by molar-refractivity contribution is -0.148. The number of hydrogen-bond donors (Lipinski definition) is 2. The van der Waals surface area contributed by atoms with Crippen molar-refractivity contribution in [1.82, 2.24) is 0 Å². The highest BCUT2D eigenvalue weighted by Gasteiger charge is 2.17. The number of carboxylic acid groups (broad SMARTS) is 1. The van der Waals surface area contributed by atoms with Crippen LogP contribution in [0.4, 0.5) is 5.69 Å². The molecule has 0 aromatic heterocycles. The smallest absolute Gasteiger partial charge is 0.333 e. The summed E-state index contributed by atoms with van der Waals surface area (Å²) in [6, 6.07) is 20.9. The van der Waals surface area contributed by atoms with Gasteiger partial charge in [-0.05, 0) is 59.5 Å². The molecule has 0 saturated carbocycles. The van der Waals surface area contributed by atoms with Gasteiger partial charge in [0, 0.05) is 24.8 Å². The van der Waals surface area contributed by atoms with Crippen LogP contribution in [0.15, 0.2) is 78.9 Å². The lowest BCUT2D eigenvalue weighted by Gasteiger charge is -2.11. The summed E-state index contributed by atoms with van der Waals surface area (Å²) in [6.45, 7) is 0. The molecule has 0 aliphatic carbocycles. The molecule has 1 amide bonds. The van der Waals surface area contributed by atoms with E-state index in [9.17, 15) is 18.0 Å². The van der Waals surface area contributed by atoms with Gasteiger partial charge in [-0.1, -0.05) is 48.6 Å². The topological polar surface area (TPSA) is 119 Å². The largest absolute Gasteiger partial charge is 0.479 e. The van der Waals surface area contributed by atoms with Crippen LogP contribution in [0.5, 0.6) is 5.75 Å². The summed E-state index contributed by atoms with van der Waals surface area (Å²) < 4.78 is 32.1. The molecule has 9 heteroatoms. The van der Waals surface area contributed by atoms with Crippen molar-refractivity contribution in [2.24, 2.45) is 0 Å². The Morgan fingerprint density at radius 2 is 1.56 bits per heavy atom. The predicted octanol–water partition coefficient (Wildman–Crippen LogP) is 4.18. The van der Waals surface area contributed by atoms with Crippen molar-refractivity contribution < 1.29 is 32.0 Å². The van der Waals surface area contributed by atoms with Crippen molar-refractivity contribution >= 4 is 33.8 Å². The van der Waals surface area contributed by atoms with Crippen LogP contribution in [0.2, 0.25) is 0 Å². The van der Waals surface area contributed by atoms with E-state index in [4.69, 9.17) is 14.0 Å². The maximum absolute atomic E-state index is 12.5. The number of amides is 1. The summed E-state index contributed by atoms with van der Waals surface area (Å²) in [4.78, 5) is 23.6. The molecule has 0 bridgehead atoms. The van der Waals surface area contributed by atoms with Gasteiger partial charge in [0.1, 0.15) is 5.75 Å². The monoisotopic (exact) mass is 509 g/mol. The Morgan fingerprint density at radius 1 is 0.944 bits per heavy atom. The minimum Gasteiger partial charge on any atom is -0.479 e. The van der Waals surface area contributed by atoms with Crippen LogP contribution in [0, 0.1) is 0 Å². The van der Waals surface area contributed by atoms with E-state index in [2.05, 4.69) is 5.32 Å². The molecule has 0 fully saturated rings. The molecule has 0 spiro atoms. The summed E-state index contributed by atoms with van der Waals surface area (Å²) >= 11 is 0. The number of nitrogens with one attached hydrogen (secondary N) is 1. The number of anilines is 1. The molecule has 0 saturated heterocycles. The molecule has 1 unspecified atom stereocenters. The summed E-state index contributed by atoms with van der Waals surface area (Å²) in [5.74, 6) is -1.03.